The number of aryl methyl sites for hydroxylation is 2. The monoisotopic (exact) mass is 460 g/mol. The minimum Gasteiger partial charge on any atom is -0.377 e. The van der Waals surface area contributed by atoms with Gasteiger partial charge < -0.3 is 14.5 Å². The number of halogens is 3. The van der Waals surface area contributed by atoms with Gasteiger partial charge in [-0.15, -0.1) is 0 Å². The van der Waals surface area contributed by atoms with Crippen molar-refractivity contribution in [1.29, 1.82) is 0 Å². The van der Waals surface area contributed by atoms with E-state index >= 15 is 0 Å². The molecule has 0 atom stereocenters. The Morgan fingerprint density at radius 3 is 2.48 bits per heavy atom. The molecule has 3 aromatic rings. The second-order valence-corrected chi connectivity index (χ2v) is 9.34. The maximum atomic E-state index is 13.1. The molecule has 12 heteroatoms. The van der Waals surface area contributed by atoms with E-state index in [-0.39, 0.29) is 11.5 Å². The molecule has 3 saturated heterocycles. The molecule has 1 spiro atoms. The van der Waals surface area contributed by atoms with Gasteiger partial charge in [-0.1, -0.05) is 0 Å². The number of hydrogen-bond acceptors (Lipinski definition) is 8. The SMILES string of the molecule is Cc1cc(N2CC3(CCN(c4cnc5c(C)nn(C6COC6)c5n4)C3)C2)nc(C(F)(F)F)n1. The Morgan fingerprint density at radius 2 is 1.79 bits per heavy atom. The lowest BCUT2D eigenvalue weighted by Gasteiger charge is -2.48. The topological polar surface area (TPSA) is 85.1 Å². The van der Waals surface area contributed by atoms with Crippen LogP contribution in [0.3, 0.4) is 0 Å². The summed E-state index contributed by atoms with van der Waals surface area (Å²) in [5.74, 6) is 0.0532. The number of hydrogen-bond donors (Lipinski definition) is 0. The van der Waals surface area contributed by atoms with Gasteiger partial charge in [0.2, 0.25) is 5.82 Å². The summed E-state index contributed by atoms with van der Waals surface area (Å²) < 4.78 is 46.5. The quantitative estimate of drug-likeness (QED) is 0.590. The summed E-state index contributed by atoms with van der Waals surface area (Å²) in [5, 5.41) is 4.60. The van der Waals surface area contributed by atoms with Crippen LogP contribution in [0.5, 0.6) is 0 Å². The van der Waals surface area contributed by atoms with Gasteiger partial charge in [-0.3, -0.25) is 0 Å². The van der Waals surface area contributed by atoms with Gasteiger partial charge in [-0.05, 0) is 20.3 Å². The lowest BCUT2D eigenvalue weighted by molar-refractivity contribution is -0.145. The third-order valence-corrected chi connectivity index (χ3v) is 6.76. The predicted molar refractivity (Wildman–Crippen MR) is 113 cm³/mol. The van der Waals surface area contributed by atoms with Crippen molar-refractivity contribution in [2.24, 2.45) is 5.41 Å². The summed E-state index contributed by atoms with van der Waals surface area (Å²) >= 11 is 0. The largest absolute Gasteiger partial charge is 0.451 e. The van der Waals surface area contributed by atoms with Gasteiger partial charge in [0.15, 0.2) is 5.65 Å². The van der Waals surface area contributed by atoms with Crippen molar-refractivity contribution in [1.82, 2.24) is 29.7 Å². The zero-order valence-electron chi connectivity index (χ0n) is 18.3. The van der Waals surface area contributed by atoms with Crippen LogP contribution in [0.1, 0.15) is 29.7 Å². The molecule has 0 N–H and O–H groups in total. The highest BCUT2D eigenvalue weighted by Gasteiger charge is 2.49. The van der Waals surface area contributed by atoms with Crippen molar-refractivity contribution < 1.29 is 17.9 Å². The van der Waals surface area contributed by atoms with Crippen LogP contribution in [0.25, 0.3) is 11.2 Å². The molecule has 0 unspecified atom stereocenters. The Morgan fingerprint density at radius 1 is 1.03 bits per heavy atom. The van der Waals surface area contributed by atoms with Gasteiger partial charge >= 0.3 is 6.18 Å². The van der Waals surface area contributed by atoms with E-state index in [1.54, 1.807) is 19.2 Å². The molecule has 3 aliphatic rings. The van der Waals surface area contributed by atoms with Crippen LogP contribution in [0.4, 0.5) is 24.8 Å². The van der Waals surface area contributed by atoms with Crippen LogP contribution < -0.4 is 9.80 Å². The fraction of sp³-hybridized carbons (Fsp3) is 0.571. The molecule has 6 rings (SSSR count). The van der Waals surface area contributed by atoms with E-state index in [0.717, 1.165) is 42.2 Å². The van der Waals surface area contributed by atoms with Crippen LogP contribution in [0.15, 0.2) is 12.3 Å². The first-order valence-electron chi connectivity index (χ1n) is 10.9. The molecule has 33 heavy (non-hydrogen) atoms. The summed E-state index contributed by atoms with van der Waals surface area (Å²) in [6.45, 7) is 7.66. The van der Waals surface area contributed by atoms with Crippen molar-refractivity contribution in [2.75, 3.05) is 49.2 Å². The summed E-state index contributed by atoms with van der Waals surface area (Å²) in [6, 6.07) is 1.80. The number of aromatic nitrogens is 6. The molecule has 0 aliphatic carbocycles. The van der Waals surface area contributed by atoms with E-state index in [1.807, 2.05) is 16.5 Å². The number of rotatable bonds is 3. The van der Waals surface area contributed by atoms with Crippen LogP contribution in [0, 0.1) is 19.3 Å². The van der Waals surface area contributed by atoms with E-state index in [4.69, 9.17) is 9.72 Å². The predicted octanol–water partition coefficient (Wildman–Crippen LogP) is 2.54. The number of nitrogens with zero attached hydrogens (tertiary/aromatic N) is 8. The van der Waals surface area contributed by atoms with Gasteiger partial charge in [0.1, 0.15) is 23.2 Å². The Kier molecular flexibility index (Phi) is 4.36. The average molecular weight is 460 g/mol. The highest BCUT2D eigenvalue weighted by Crippen LogP contribution is 2.43. The first kappa shape index (κ1) is 20.6. The average Bonchev–Trinajstić information content (AvgIpc) is 3.27. The highest BCUT2D eigenvalue weighted by atomic mass is 19.4. The molecule has 3 aromatic heterocycles. The van der Waals surface area contributed by atoms with Gasteiger partial charge in [0.25, 0.3) is 0 Å². The summed E-state index contributed by atoms with van der Waals surface area (Å²) in [5.41, 5.74) is 2.74. The number of ether oxygens (including phenoxy) is 1. The maximum absolute atomic E-state index is 13.1. The van der Waals surface area contributed by atoms with Crippen LogP contribution >= 0.6 is 0 Å². The van der Waals surface area contributed by atoms with Gasteiger partial charge in [-0.25, -0.2) is 24.6 Å². The minimum atomic E-state index is -4.55. The molecular formula is C21H23F3N8O. The Balaban J connectivity index is 1.20. The maximum Gasteiger partial charge on any atom is 0.451 e. The Labute approximate surface area is 187 Å². The first-order valence-corrected chi connectivity index (χ1v) is 10.9. The molecule has 0 aromatic carbocycles. The zero-order chi connectivity index (χ0) is 23.0. The van der Waals surface area contributed by atoms with Crippen molar-refractivity contribution in [3.8, 4) is 0 Å². The lowest BCUT2D eigenvalue weighted by Crippen LogP contribution is -2.58. The van der Waals surface area contributed by atoms with E-state index in [9.17, 15) is 13.2 Å². The van der Waals surface area contributed by atoms with Crippen LogP contribution in [0.2, 0.25) is 0 Å². The number of fused-ring (bicyclic) bond motifs is 1. The van der Waals surface area contributed by atoms with E-state index in [1.165, 1.54) is 0 Å². The van der Waals surface area contributed by atoms with Crippen molar-refractivity contribution >= 4 is 22.8 Å². The Hall–Kier alpha value is -3.02. The zero-order valence-corrected chi connectivity index (χ0v) is 18.3. The van der Waals surface area contributed by atoms with Crippen molar-refractivity contribution in [3.05, 3.63) is 29.5 Å². The summed E-state index contributed by atoms with van der Waals surface area (Å²) in [4.78, 5) is 20.9. The fourth-order valence-corrected chi connectivity index (χ4v) is 4.97. The summed E-state index contributed by atoms with van der Waals surface area (Å²) in [6.07, 6.45) is -1.83. The first-order chi connectivity index (χ1) is 15.7. The molecule has 0 radical (unpaired) electrons. The second-order valence-electron chi connectivity index (χ2n) is 9.34. The standard InChI is InChI=1S/C21H23F3N8O/c1-12-5-15(28-19(26-12)21(22,23)24)31-10-20(11-31)3-4-30(9-20)16-6-25-17-13(2)29-32(18(17)27-16)14-7-33-8-14/h5-6,14H,3-4,7-11H2,1-2H3. The minimum absolute atomic E-state index is 0.00581. The normalized spacial score (nSPS) is 20.5. The third kappa shape index (κ3) is 3.38. The fourth-order valence-electron chi connectivity index (χ4n) is 4.97. The van der Waals surface area contributed by atoms with Gasteiger partial charge in [0, 0.05) is 43.4 Å². The van der Waals surface area contributed by atoms with Crippen LogP contribution in [-0.2, 0) is 10.9 Å². The second kappa shape index (κ2) is 6.99. The smallest absolute Gasteiger partial charge is 0.377 e. The molecule has 3 aliphatic heterocycles. The van der Waals surface area contributed by atoms with E-state index in [0.29, 0.717) is 37.8 Å². The Bertz CT molecular complexity index is 1230. The molecule has 0 amide bonds. The van der Waals surface area contributed by atoms with Gasteiger partial charge in [0.05, 0.1) is 25.1 Å². The van der Waals surface area contributed by atoms with Gasteiger partial charge in [-0.2, -0.15) is 18.3 Å². The molecule has 174 valence electrons. The molecule has 0 bridgehead atoms. The van der Waals surface area contributed by atoms with Crippen molar-refractivity contribution in [3.63, 3.8) is 0 Å². The number of alkyl halides is 3. The molecule has 3 fully saturated rings. The lowest BCUT2D eigenvalue weighted by atomic mass is 9.79. The number of anilines is 2. The molecular weight excluding hydrogens is 437 g/mol. The third-order valence-electron chi connectivity index (χ3n) is 6.76. The summed E-state index contributed by atoms with van der Waals surface area (Å²) in [7, 11) is 0. The molecule has 0 saturated carbocycles. The van der Waals surface area contributed by atoms with Crippen molar-refractivity contribution in [2.45, 2.75) is 32.5 Å². The van der Waals surface area contributed by atoms with E-state index < -0.39 is 12.0 Å². The highest BCUT2D eigenvalue weighted by molar-refractivity contribution is 5.75. The molecule has 9 nitrogen and oxygen atoms in total. The molecule has 6 heterocycles. The van der Waals surface area contributed by atoms with Crippen LogP contribution in [-0.4, -0.2) is 69.1 Å². The van der Waals surface area contributed by atoms with E-state index in [2.05, 4.69) is 25.0 Å².